The fourth-order valence-corrected chi connectivity index (χ4v) is 5.28. The van der Waals surface area contributed by atoms with E-state index in [9.17, 15) is 0 Å². The highest BCUT2D eigenvalue weighted by molar-refractivity contribution is 6.39. The predicted octanol–water partition coefficient (Wildman–Crippen LogP) is 8.51. The van der Waals surface area contributed by atoms with Crippen LogP contribution in [0.4, 0.5) is 0 Å². The molecule has 1 aromatic heterocycles. The van der Waals surface area contributed by atoms with Gasteiger partial charge in [-0.2, -0.15) is 0 Å². The van der Waals surface area contributed by atoms with Crippen LogP contribution in [0.5, 0.6) is 0 Å². The van der Waals surface area contributed by atoms with Gasteiger partial charge in [0, 0.05) is 17.1 Å². The van der Waals surface area contributed by atoms with Gasteiger partial charge in [0.1, 0.15) is 0 Å². The van der Waals surface area contributed by atoms with E-state index in [2.05, 4.69) is 109 Å². The molecule has 1 heterocycles. The van der Waals surface area contributed by atoms with Gasteiger partial charge >= 0.3 is 0 Å². The number of pyridine rings is 1. The Labute approximate surface area is 185 Å². The Bertz CT molecular complexity index is 1800. The molecule has 0 bridgehead atoms. The molecule has 0 N–H and O–H groups in total. The Balaban J connectivity index is 1.82. The van der Waals surface area contributed by atoms with Gasteiger partial charge in [0.15, 0.2) is 0 Å². The maximum Gasteiger partial charge on any atom is 0.0708 e. The Morgan fingerprint density at radius 3 is 1.38 bits per heavy atom. The van der Waals surface area contributed by atoms with Crippen molar-refractivity contribution in [2.24, 2.45) is 0 Å². The summed E-state index contributed by atoms with van der Waals surface area (Å²) in [7, 11) is 0. The third-order valence-corrected chi connectivity index (χ3v) is 6.66. The lowest BCUT2D eigenvalue weighted by Gasteiger charge is -2.16. The number of nitrogens with zero attached hydrogens (tertiary/aromatic N) is 1. The van der Waals surface area contributed by atoms with Crippen LogP contribution < -0.4 is 0 Å². The topological polar surface area (TPSA) is 12.9 Å². The minimum Gasteiger partial charge on any atom is -0.256 e. The van der Waals surface area contributed by atoms with Crippen molar-refractivity contribution in [1.29, 1.82) is 0 Å². The molecule has 7 rings (SSSR count). The summed E-state index contributed by atoms with van der Waals surface area (Å²) in [5.74, 6) is 0. The molecule has 0 aliphatic carbocycles. The second-order valence-electron chi connectivity index (χ2n) is 8.37. The average molecular weight is 406 g/mol. The third-order valence-electron chi connectivity index (χ3n) is 6.66. The summed E-state index contributed by atoms with van der Waals surface area (Å²) in [4.78, 5) is 4.88. The zero-order chi connectivity index (χ0) is 21.1. The molecule has 0 aliphatic rings. The molecule has 0 saturated heterocycles. The maximum absolute atomic E-state index is 4.88. The molecule has 0 radical (unpaired) electrons. The molecular formula is C31H19N. The summed E-state index contributed by atoms with van der Waals surface area (Å²) in [5, 5.41) is 12.8. The quantitative estimate of drug-likeness (QED) is 0.249. The second-order valence-corrected chi connectivity index (χ2v) is 8.37. The van der Waals surface area contributed by atoms with Gasteiger partial charge in [0.2, 0.25) is 0 Å². The maximum atomic E-state index is 4.88. The Morgan fingerprint density at radius 2 is 0.812 bits per heavy atom. The van der Waals surface area contributed by atoms with E-state index < -0.39 is 0 Å². The van der Waals surface area contributed by atoms with Crippen LogP contribution >= 0.6 is 0 Å². The lowest BCUT2D eigenvalue weighted by Crippen LogP contribution is -1.90. The second kappa shape index (κ2) is 6.63. The van der Waals surface area contributed by atoms with E-state index in [4.69, 9.17) is 4.98 Å². The normalized spacial score (nSPS) is 11.8. The summed E-state index contributed by atoms with van der Waals surface area (Å²) in [6.45, 7) is 0. The van der Waals surface area contributed by atoms with E-state index in [1.165, 1.54) is 53.9 Å². The average Bonchev–Trinajstić information content (AvgIpc) is 2.88. The van der Waals surface area contributed by atoms with Crippen LogP contribution in [0.15, 0.2) is 115 Å². The molecule has 1 heteroatoms. The molecule has 148 valence electrons. The van der Waals surface area contributed by atoms with E-state index >= 15 is 0 Å². The molecule has 0 atom stereocenters. The number of rotatable bonds is 1. The first-order valence-corrected chi connectivity index (χ1v) is 11.0. The molecule has 0 aliphatic heterocycles. The van der Waals surface area contributed by atoms with Gasteiger partial charge in [-0.1, -0.05) is 103 Å². The van der Waals surface area contributed by atoms with Gasteiger partial charge in [-0.05, 0) is 54.5 Å². The minimum absolute atomic E-state index is 1.01. The predicted molar refractivity (Wildman–Crippen MR) is 137 cm³/mol. The van der Waals surface area contributed by atoms with Gasteiger partial charge < -0.3 is 0 Å². The standard InChI is InChI=1S/C31H19N/c1-2-10-20(11-3-1)29-18-27-28(19-32-29)23-14-6-9-17-26(23)30-24-15-7-4-12-21(24)22-13-5-8-16-25(22)31(27)30/h1-19H. The van der Waals surface area contributed by atoms with Gasteiger partial charge in [-0.25, -0.2) is 0 Å². The molecule has 6 aromatic carbocycles. The molecule has 0 unspecified atom stereocenters. The fourth-order valence-electron chi connectivity index (χ4n) is 5.28. The largest absolute Gasteiger partial charge is 0.256 e. The van der Waals surface area contributed by atoms with Crippen molar-refractivity contribution in [1.82, 2.24) is 4.98 Å². The summed E-state index contributed by atoms with van der Waals surface area (Å²) < 4.78 is 0. The number of hydrogen-bond acceptors (Lipinski definition) is 1. The van der Waals surface area contributed by atoms with E-state index in [1.807, 2.05) is 6.07 Å². The molecular weight excluding hydrogens is 386 g/mol. The highest BCUT2D eigenvalue weighted by Gasteiger charge is 2.16. The van der Waals surface area contributed by atoms with Gasteiger partial charge in [-0.15, -0.1) is 0 Å². The van der Waals surface area contributed by atoms with Gasteiger partial charge in [0.25, 0.3) is 0 Å². The van der Waals surface area contributed by atoms with E-state index in [0.29, 0.717) is 0 Å². The van der Waals surface area contributed by atoms with Crippen LogP contribution in [-0.2, 0) is 0 Å². The first-order chi connectivity index (χ1) is 15.9. The molecule has 0 amide bonds. The molecule has 7 aromatic rings. The number of fused-ring (bicyclic) bond motifs is 11. The highest BCUT2D eigenvalue weighted by atomic mass is 14.7. The van der Waals surface area contributed by atoms with Crippen molar-refractivity contribution in [3.8, 4) is 11.3 Å². The summed E-state index contributed by atoms with van der Waals surface area (Å²) in [6, 6.07) is 39.1. The van der Waals surface area contributed by atoms with Crippen LogP contribution in [0.2, 0.25) is 0 Å². The van der Waals surface area contributed by atoms with E-state index in [0.717, 1.165) is 11.3 Å². The Morgan fingerprint density at radius 1 is 0.375 bits per heavy atom. The van der Waals surface area contributed by atoms with Crippen molar-refractivity contribution < 1.29 is 0 Å². The van der Waals surface area contributed by atoms with E-state index in [-0.39, 0.29) is 0 Å². The lowest BCUT2D eigenvalue weighted by atomic mass is 9.87. The highest BCUT2D eigenvalue weighted by Crippen LogP contribution is 2.44. The van der Waals surface area contributed by atoms with Crippen molar-refractivity contribution >= 4 is 53.9 Å². The first-order valence-electron chi connectivity index (χ1n) is 11.0. The fraction of sp³-hybridized carbons (Fsp3) is 0. The number of aromatic nitrogens is 1. The van der Waals surface area contributed by atoms with Crippen LogP contribution in [0.1, 0.15) is 0 Å². The van der Waals surface area contributed by atoms with Crippen molar-refractivity contribution in [2.45, 2.75) is 0 Å². The molecule has 0 fully saturated rings. The van der Waals surface area contributed by atoms with Crippen molar-refractivity contribution in [2.75, 3.05) is 0 Å². The zero-order valence-electron chi connectivity index (χ0n) is 17.4. The van der Waals surface area contributed by atoms with Crippen molar-refractivity contribution in [3.05, 3.63) is 115 Å². The number of benzene rings is 6. The summed E-state index contributed by atoms with van der Waals surface area (Å²) in [5.41, 5.74) is 2.15. The van der Waals surface area contributed by atoms with Crippen LogP contribution in [0.3, 0.4) is 0 Å². The third kappa shape index (κ3) is 2.36. The lowest BCUT2D eigenvalue weighted by molar-refractivity contribution is 1.36. The summed E-state index contributed by atoms with van der Waals surface area (Å²) >= 11 is 0. The van der Waals surface area contributed by atoms with Gasteiger partial charge in [0.05, 0.1) is 5.69 Å². The first kappa shape index (κ1) is 17.5. The monoisotopic (exact) mass is 405 g/mol. The van der Waals surface area contributed by atoms with Crippen molar-refractivity contribution in [3.63, 3.8) is 0 Å². The van der Waals surface area contributed by atoms with Gasteiger partial charge in [-0.3, -0.25) is 4.98 Å². The molecule has 1 nitrogen and oxygen atoms in total. The minimum atomic E-state index is 1.01. The zero-order valence-corrected chi connectivity index (χ0v) is 17.4. The Hall–Kier alpha value is -4.23. The van der Waals surface area contributed by atoms with Crippen LogP contribution in [-0.4, -0.2) is 4.98 Å². The van der Waals surface area contributed by atoms with E-state index in [1.54, 1.807) is 0 Å². The van der Waals surface area contributed by atoms with Crippen LogP contribution in [0, 0.1) is 0 Å². The molecule has 32 heavy (non-hydrogen) atoms. The molecule has 0 spiro atoms. The Kier molecular flexibility index (Phi) is 3.62. The summed E-state index contributed by atoms with van der Waals surface area (Å²) in [6.07, 6.45) is 2.06. The number of hydrogen-bond donors (Lipinski definition) is 0. The smallest absolute Gasteiger partial charge is 0.0708 e. The SMILES string of the molecule is c1ccc(-c2cc3c(cn2)c2ccccc2c2c4ccccc4c4ccccc4c32)cc1. The molecule has 0 saturated carbocycles. The van der Waals surface area contributed by atoms with Crippen LogP contribution in [0.25, 0.3) is 65.1 Å².